The minimum absolute atomic E-state index is 0.0614. The van der Waals surface area contributed by atoms with E-state index < -0.39 is 12.2 Å². The fourth-order valence-electron chi connectivity index (χ4n) is 4.11. The van der Waals surface area contributed by atoms with Crippen molar-refractivity contribution in [1.29, 1.82) is 0 Å². The lowest BCUT2D eigenvalue weighted by molar-refractivity contribution is 0.0216. The van der Waals surface area contributed by atoms with Crippen LogP contribution in [-0.4, -0.2) is 62.1 Å². The average molecular weight is 547 g/mol. The quantitative estimate of drug-likeness (QED) is 0.101. The summed E-state index contributed by atoms with van der Waals surface area (Å²) >= 11 is 1.65. The van der Waals surface area contributed by atoms with Gasteiger partial charge in [-0.2, -0.15) is 0 Å². The Morgan fingerprint density at radius 3 is 1.69 bits per heavy atom. The SMILES string of the molecule is C=CCOCC(O)COc1c2ccccc2c(OCC(O)COCC=C)c2cc(Sc3ccccc3)ccc12. The maximum atomic E-state index is 10.5. The number of benzene rings is 4. The molecule has 0 saturated heterocycles. The van der Waals surface area contributed by atoms with Crippen LogP contribution >= 0.6 is 11.8 Å². The van der Waals surface area contributed by atoms with Crippen molar-refractivity contribution in [2.24, 2.45) is 0 Å². The normalized spacial score (nSPS) is 12.8. The molecule has 7 heteroatoms. The summed E-state index contributed by atoms with van der Waals surface area (Å²) in [7, 11) is 0. The van der Waals surface area contributed by atoms with Gasteiger partial charge in [-0.25, -0.2) is 0 Å². The molecule has 2 atom stereocenters. The van der Waals surface area contributed by atoms with E-state index in [0.717, 1.165) is 31.3 Å². The van der Waals surface area contributed by atoms with Crippen molar-refractivity contribution in [2.75, 3.05) is 39.6 Å². The zero-order chi connectivity index (χ0) is 27.5. The van der Waals surface area contributed by atoms with Gasteiger partial charge in [-0.15, -0.1) is 13.2 Å². The Kier molecular flexibility index (Phi) is 10.8. The monoisotopic (exact) mass is 546 g/mol. The van der Waals surface area contributed by atoms with Crippen LogP contribution in [0.3, 0.4) is 0 Å². The molecule has 0 aromatic heterocycles. The summed E-state index contributed by atoms with van der Waals surface area (Å²) in [4.78, 5) is 2.15. The smallest absolute Gasteiger partial charge is 0.135 e. The number of aliphatic hydroxyl groups excluding tert-OH is 2. The Balaban J connectivity index is 1.72. The third-order valence-electron chi connectivity index (χ3n) is 5.81. The van der Waals surface area contributed by atoms with Gasteiger partial charge in [-0.1, -0.05) is 66.4 Å². The van der Waals surface area contributed by atoms with Crippen LogP contribution < -0.4 is 9.47 Å². The molecule has 0 aliphatic carbocycles. The Morgan fingerprint density at radius 2 is 1.13 bits per heavy atom. The molecule has 2 unspecified atom stereocenters. The topological polar surface area (TPSA) is 77.4 Å². The molecule has 0 bridgehead atoms. The first kappa shape index (κ1) is 28.7. The molecule has 4 aromatic rings. The Morgan fingerprint density at radius 1 is 0.615 bits per heavy atom. The molecule has 4 aromatic carbocycles. The fraction of sp³-hybridized carbons (Fsp3) is 0.250. The van der Waals surface area contributed by atoms with Crippen molar-refractivity contribution < 1.29 is 29.2 Å². The van der Waals surface area contributed by atoms with E-state index in [0.29, 0.717) is 24.7 Å². The lowest BCUT2D eigenvalue weighted by atomic mass is 10.0. The van der Waals surface area contributed by atoms with Gasteiger partial charge in [-0.05, 0) is 30.3 Å². The molecule has 0 heterocycles. The van der Waals surface area contributed by atoms with Gasteiger partial charge in [0.05, 0.1) is 26.4 Å². The van der Waals surface area contributed by atoms with Crippen LogP contribution in [0.2, 0.25) is 0 Å². The van der Waals surface area contributed by atoms with Gasteiger partial charge < -0.3 is 29.2 Å². The van der Waals surface area contributed by atoms with Crippen LogP contribution in [0.1, 0.15) is 0 Å². The van der Waals surface area contributed by atoms with E-state index in [-0.39, 0.29) is 26.4 Å². The van der Waals surface area contributed by atoms with E-state index in [4.69, 9.17) is 18.9 Å². The van der Waals surface area contributed by atoms with E-state index in [1.807, 2.05) is 54.6 Å². The van der Waals surface area contributed by atoms with Gasteiger partial charge in [0.15, 0.2) is 0 Å². The lowest BCUT2D eigenvalue weighted by Gasteiger charge is -2.20. The minimum Gasteiger partial charge on any atom is -0.489 e. The van der Waals surface area contributed by atoms with Crippen molar-refractivity contribution in [1.82, 2.24) is 0 Å². The van der Waals surface area contributed by atoms with Gasteiger partial charge in [0, 0.05) is 31.3 Å². The minimum atomic E-state index is -0.803. The van der Waals surface area contributed by atoms with E-state index >= 15 is 0 Å². The van der Waals surface area contributed by atoms with E-state index in [2.05, 4.69) is 31.4 Å². The summed E-state index contributed by atoms with van der Waals surface area (Å²) in [6.45, 7) is 8.40. The summed E-state index contributed by atoms with van der Waals surface area (Å²) in [5, 5.41) is 24.3. The van der Waals surface area contributed by atoms with Crippen LogP contribution in [0, 0.1) is 0 Å². The molecule has 6 nitrogen and oxygen atoms in total. The van der Waals surface area contributed by atoms with Crippen molar-refractivity contribution in [3.05, 3.63) is 98.1 Å². The van der Waals surface area contributed by atoms with Crippen molar-refractivity contribution in [3.8, 4) is 11.5 Å². The molecular formula is C32H34O6S. The zero-order valence-corrected chi connectivity index (χ0v) is 22.6. The zero-order valence-electron chi connectivity index (χ0n) is 21.8. The van der Waals surface area contributed by atoms with Crippen molar-refractivity contribution >= 4 is 33.3 Å². The second kappa shape index (κ2) is 14.7. The van der Waals surface area contributed by atoms with Crippen LogP contribution in [-0.2, 0) is 9.47 Å². The number of hydrogen-bond donors (Lipinski definition) is 2. The molecule has 0 radical (unpaired) electrons. The van der Waals surface area contributed by atoms with E-state index in [1.165, 1.54) is 0 Å². The number of ether oxygens (including phenoxy) is 4. The molecule has 4 rings (SSSR count). The highest BCUT2D eigenvalue weighted by molar-refractivity contribution is 7.99. The lowest BCUT2D eigenvalue weighted by Crippen LogP contribution is -2.24. The highest BCUT2D eigenvalue weighted by Gasteiger charge is 2.19. The number of rotatable bonds is 16. The second-order valence-corrected chi connectivity index (χ2v) is 10.1. The first-order chi connectivity index (χ1) is 19.1. The fourth-order valence-corrected chi connectivity index (χ4v) is 4.99. The molecule has 0 aliphatic heterocycles. The molecular weight excluding hydrogens is 512 g/mol. The molecule has 0 fully saturated rings. The second-order valence-electron chi connectivity index (χ2n) is 8.91. The van der Waals surface area contributed by atoms with Gasteiger partial charge >= 0.3 is 0 Å². The Bertz CT molecular complexity index is 1370. The largest absolute Gasteiger partial charge is 0.489 e. The van der Waals surface area contributed by atoms with Crippen LogP contribution in [0.4, 0.5) is 0 Å². The maximum absolute atomic E-state index is 10.5. The number of fused-ring (bicyclic) bond motifs is 2. The summed E-state index contributed by atoms with van der Waals surface area (Å²) in [5.41, 5.74) is 0. The molecule has 0 saturated carbocycles. The third-order valence-corrected chi connectivity index (χ3v) is 6.81. The number of aliphatic hydroxyl groups is 2. The highest BCUT2D eigenvalue weighted by Crippen LogP contribution is 2.44. The number of hydrogen-bond acceptors (Lipinski definition) is 7. The van der Waals surface area contributed by atoms with Gasteiger partial charge in [-0.3, -0.25) is 0 Å². The Labute approximate surface area is 233 Å². The van der Waals surface area contributed by atoms with E-state index in [1.54, 1.807) is 23.9 Å². The van der Waals surface area contributed by atoms with E-state index in [9.17, 15) is 10.2 Å². The first-order valence-corrected chi connectivity index (χ1v) is 13.6. The maximum Gasteiger partial charge on any atom is 0.135 e. The summed E-state index contributed by atoms with van der Waals surface area (Å²) in [5.74, 6) is 1.31. The highest BCUT2D eigenvalue weighted by atomic mass is 32.2. The molecule has 0 spiro atoms. The molecule has 0 aliphatic rings. The van der Waals surface area contributed by atoms with Gasteiger partial charge in [0.1, 0.15) is 36.9 Å². The van der Waals surface area contributed by atoms with Crippen LogP contribution in [0.15, 0.2) is 108 Å². The van der Waals surface area contributed by atoms with Gasteiger partial charge in [0.25, 0.3) is 0 Å². The third kappa shape index (κ3) is 7.85. The van der Waals surface area contributed by atoms with Crippen molar-refractivity contribution in [2.45, 2.75) is 22.0 Å². The van der Waals surface area contributed by atoms with Crippen LogP contribution in [0.5, 0.6) is 11.5 Å². The molecule has 0 amide bonds. The summed E-state index contributed by atoms with van der Waals surface area (Å²) in [6.07, 6.45) is 1.68. The summed E-state index contributed by atoms with van der Waals surface area (Å²) in [6, 6.07) is 24.1. The molecule has 2 N–H and O–H groups in total. The average Bonchev–Trinajstić information content (AvgIpc) is 2.95. The first-order valence-electron chi connectivity index (χ1n) is 12.8. The van der Waals surface area contributed by atoms with Crippen molar-refractivity contribution in [3.63, 3.8) is 0 Å². The standard InChI is InChI=1S/C32H34O6S/c1-3-16-35-19-23(33)21-37-31-27-12-8-9-13-28(27)32(38-22-24(34)20-36-17-4-2)30-18-26(14-15-29(30)31)39-25-10-6-5-7-11-25/h3-15,18,23-24,33-34H,1-2,16-17,19-22H2. The molecule has 39 heavy (non-hydrogen) atoms. The predicted octanol–water partition coefficient (Wildman–Crippen LogP) is 6.03. The van der Waals surface area contributed by atoms with Crippen LogP contribution in [0.25, 0.3) is 21.5 Å². The molecule has 204 valence electrons. The predicted molar refractivity (Wildman–Crippen MR) is 157 cm³/mol. The Hall–Kier alpha value is -3.33. The summed E-state index contributed by atoms with van der Waals surface area (Å²) < 4.78 is 23.3. The van der Waals surface area contributed by atoms with Gasteiger partial charge in [0.2, 0.25) is 0 Å².